The molecule has 0 spiro atoms. The monoisotopic (exact) mass is 730 g/mol. The first-order valence-corrected chi connectivity index (χ1v) is 19.7. The molecule has 0 radical (unpaired) electrons. The van der Waals surface area contributed by atoms with E-state index in [1.807, 2.05) is 0 Å². The molecule has 0 N–H and O–H groups in total. The van der Waals surface area contributed by atoms with Crippen molar-refractivity contribution in [3.05, 3.63) is 203 Å². The van der Waals surface area contributed by atoms with Crippen molar-refractivity contribution in [2.24, 2.45) is 0 Å². The Bertz CT molecular complexity index is 2400. The molecule has 2 heterocycles. The molecule has 0 amide bonds. The van der Waals surface area contributed by atoms with Gasteiger partial charge in [-0.2, -0.15) is 0 Å². The predicted octanol–water partition coefficient (Wildman–Crippen LogP) is 12.7. The third-order valence-electron chi connectivity index (χ3n) is 11.6. The highest BCUT2D eigenvalue weighted by molar-refractivity contribution is 5.93. The summed E-state index contributed by atoms with van der Waals surface area (Å²) in [6.45, 7) is 6.22. The number of rotatable bonds is 10. The van der Waals surface area contributed by atoms with Crippen molar-refractivity contribution in [2.75, 3.05) is 14.2 Å². The first-order valence-electron chi connectivity index (χ1n) is 19.7. The molecule has 0 bridgehead atoms. The SMILES string of the molecule is CCn1c(-c2ccccc2)c(-c2ccc(OC)cc2)c2c1C(c1ccccc1)c1c(-c3ccc(OC)cc3)c(-c3ccccc3)n(CC)c1C2c1ccccc1. The molecule has 6 aromatic carbocycles. The van der Waals surface area contributed by atoms with Crippen molar-refractivity contribution in [3.63, 3.8) is 0 Å². The molecule has 0 fully saturated rings. The fraction of sp³-hybridized carbons (Fsp3) is 0.154. The van der Waals surface area contributed by atoms with Crippen LogP contribution in [0.4, 0.5) is 0 Å². The summed E-state index contributed by atoms with van der Waals surface area (Å²) in [5.41, 5.74) is 17.7. The van der Waals surface area contributed by atoms with E-state index in [-0.39, 0.29) is 11.8 Å². The van der Waals surface area contributed by atoms with Crippen molar-refractivity contribution in [3.8, 4) is 56.3 Å². The molecule has 2 unspecified atom stereocenters. The van der Waals surface area contributed by atoms with Crippen LogP contribution in [0, 0.1) is 0 Å². The summed E-state index contributed by atoms with van der Waals surface area (Å²) in [7, 11) is 3.47. The minimum atomic E-state index is -0.0667. The number of hydrogen-bond donors (Lipinski definition) is 0. The van der Waals surface area contributed by atoms with Gasteiger partial charge in [-0.3, -0.25) is 0 Å². The Morgan fingerprint density at radius 2 is 0.714 bits per heavy atom. The molecule has 9 rings (SSSR count). The molecule has 2 aromatic heterocycles. The summed E-state index contributed by atoms with van der Waals surface area (Å²) >= 11 is 0. The Morgan fingerprint density at radius 3 is 1.02 bits per heavy atom. The number of hydrogen-bond acceptors (Lipinski definition) is 2. The molecule has 276 valence electrons. The fourth-order valence-electron chi connectivity index (χ4n) is 9.28. The van der Waals surface area contributed by atoms with Gasteiger partial charge >= 0.3 is 0 Å². The highest BCUT2D eigenvalue weighted by Gasteiger charge is 2.45. The zero-order valence-electron chi connectivity index (χ0n) is 32.4. The van der Waals surface area contributed by atoms with Crippen LogP contribution in [0.25, 0.3) is 44.8 Å². The molecule has 1 aliphatic carbocycles. The van der Waals surface area contributed by atoms with E-state index in [1.54, 1.807) is 14.2 Å². The van der Waals surface area contributed by atoms with Gasteiger partial charge in [-0.05, 0) is 82.6 Å². The Morgan fingerprint density at radius 1 is 0.393 bits per heavy atom. The molecule has 4 heteroatoms. The van der Waals surface area contributed by atoms with Crippen LogP contribution in [0.15, 0.2) is 170 Å². The lowest BCUT2D eigenvalue weighted by molar-refractivity contribution is 0.415. The number of nitrogens with zero attached hydrogens (tertiary/aromatic N) is 2. The highest BCUT2D eigenvalue weighted by atomic mass is 16.5. The zero-order chi connectivity index (χ0) is 38.2. The average molecular weight is 731 g/mol. The second kappa shape index (κ2) is 15.0. The third kappa shape index (κ3) is 5.76. The second-order valence-electron chi connectivity index (χ2n) is 14.4. The van der Waals surface area contributed by atoms with Gasteiger partial charge in [-0.25, -0.2) is 0 Å². The van der Waals surface area contributed by atoms with Crippen LogP contribution in [0.5, 0.6) is 11.5 Å². The lowest BCUT2D eigenvalue weighted by atomic mass is 9.70. The number of aromatic nitrogens is 2. The van der Waals surface area contributed by atoms with Crippen molar-refractivity contribution in [1.82, 2.24) is 9.13 Å². The van der Waals surface area contributed by atoms with E-state index in [2.05, 4.69) is 193 Å². The van der Waals surface area contributed by atoms with Crippen LogP contribution in [-0.2, 0) is 13.1 Å². The summed E-state index contributed by atoms with van der Waals surface area (Å²) in [6.07, 6.45) is 0. The Hall–Kier alpha value is -6.52. The topological polar surface area (TPSA) is 28.3 Å². The van der Waals surface area contributed by atoms with E-state index < -0.39 is 0 Å². The van der Waals surface area contributed by atoms with Crippen LogP contribution >= 0.6 is 0 Å². The summed E-state index contributed by atoms with van der Waals surface area (Å²) in [5.74, 6) is 1.56. The zero-order valence-corrected chi connectivity index (χ0v) is 32.4. The lowest BCUT2D eigenvalue weighted by Gasteiger charge is -2.34. The van der Waals surface area contributed by atoms with E-state index in [4.69, 9.17) is 9.47 Å². The minimum absolute atomic E-state index is 0.0667. The van der Waals surface area contributed by atoms with Gasteiger partial charge in [0.25, 0.3) is 0 Å². The Balaban J connectivity index is 1.52. The molecule has 0 saturated carbocycles. The van der Waals surface area contributed by atoms with Crippen LogP contribution in [0.2, 0.25) is 0 Å². The first kappa shape index (κ1) is 35.2. The van der Waals surface area contributed by atoms with Crippen molar-refractivity contribution >= 4 is 0 Å². The normalized spacial score (nSPS) is 14.6. The smallest absolute Gasteiger partial charge is 0.118 e. The van der Waals surface area contributed by atoms with Crippen molar-refractivity contribution in [2.45, 2.75) is 38.8 Å². The maximum atomic E-state index is 5.70. The summed E-state index contributed by atoms with van der Waals surface area (Å²) in [5, 5.41) is 0. The lowest BCUT2D eigenvalue weighted by Crippen LogP contribution is -2.24. The van der Waals surface area contributed by atoms with Crippen molar-refractivity contribution in [1.29, 1.82) is 0 Å². The first-order chi connectivity index (χ1) is 27.7. The molecule has 1 aliphatic rings. The third-order valence-corrected chi connectivity index (χ3v) is 11.6. The highest BCUT2D eigenvalue weighted by Crippen LogP contribution is 2.59. The second-order valence-corrected chi connectivity index (χ2v) is 14.4. The minimum Gasteiger partial charge on any atom is -0.497 e. The van der Waals surface area contributed by atoms with Gasteiger partial charge in [0.2, 0.25) is 0 Å². The van der Waals surface area contributed by atoms with Gasteiger partial charge < -0.3 is 18.6 Å². The standard InChI is InChI=1S/C52H46N2O2/c1-5-53-49(39-23-15-9-16-24-39)43(37-27-31-41(55-3)32-28-37)47-46(36-21-13-8-14-22-36)52-48(45(51(47)53)35-19-11-7-12-20-35)44(38-29-33-42(56-4)34-30-38)50(54(52)6-2)40-25-17-10-18-26-40/h7-34,45-46H,5-6H2,1-4H3. The number of ether oxygens (including phenoxy) is 2. The van der Waals surface area contributed by atoms with Crippen molar-refractivity contribution < 1.29 is 9.47 Å². The summed E-state index contributed by atoms with van der Waals surface area (Å²) in [6, 6.07) is 61.7. The van der Waals surface area contributed by atoms with Gasteiger partial charge in [-0.15, -0.1) is 0 Å². The molecule has 2 atom stereocenters. The average Bonchev–Trinajstić information content (AvgIpc) is 3.80. The number of methoxy groups -OCH3 is 2. The Kier molecular flexibility index (Phi) is 9.40. The molecule has 4 nitrogen and oxygen atoms in total. The maximum Gasteiger partial charge on any atom is 0.118 e. The molecule has 56 heavy (non-hydrogen) atoms. The van der Waals surface area contributed by atoms with Gasteiger partial charge in [0.15, 0.2) is 0 Å². The molecule has 0 saturated heterocycles. The number of fused-ring (bicyclic) bond motifs is 2. The van der Waals surface area contributed by atoms with E-state index >= 15 is 0 Å². The van der Waals surface area contributed by atoms with E-state index in [9.17, 15) is 0 Å². The van der Waals surface area contributed by atoms with Crippen LogP contribution in [0.1, 0.15) is 59.3 Å². The van der Waals surface area contributed by atoms with Gasteiger partial charge in [-0.1, -0.05) is 146 Å². The van der Waals surface area contributed by atoms with Gasteiger partial charge in [0.1, 0.15) is 11.5 Å². The van der Waals surface area contributed by atoms with Crippen LogP contribution in [-0.4, -0.2) is 23.4 Å². The quantitative estimate of drug-likeness (QED) is 0.140. The molecule has 0 aliphatic heterocycles. The van der Waals surface area contributed by atoms with E-state index in [0.29, 0.717) is 0 Å². The van der Waals surface area contributed by atoms with E-state index in [0.717, 1.165) is 24.6 Å². The van der Waals surface area contributed by atoms with Gasteiger partial charge in [0.05, 0.1) is 37.4 Å². The molecule has 8 aromatic rings. The summed E-state index contributed by atoms with van der Waals surface area (Å²) in [4.78, 5) is 0. The van der Waals surface area contributed by atoms with E-state index in [1.165, 1.54) is 78.4 Å². The fourth-order valence-corrected chi connectivity index (χ4v) is 9.28. The van der Waals surface area contributed by atoms with Gasteiger partial charge in [0, 0.05) is 35.6 Å². The van der Waals surface area contributed by atoms with Crippen LogP contribution < -0.4 is 9.47 Å². The largest absolute Gasteiger partial charge is 0.497 e. The van der Waals surface area contributed by atoms with Crippen LogP contribution in [0.3, 0.4) is 0 Å². The molecular formula is C52H46N2O2. The maximum absolute atomic E-state index is 5.70. The summed E-state index contributed by atoms with van der Waals surface area (Å²) < 4.78 is 16.7. The predicted molar refractivity (Wildman–Crippen MR) is 230 cm³/mol. The number of benzene rings is 6. The molecular weight excluding hydrogens is 685 g/mol. The Labute approximate surface area is 330 Å².